The smallest absolute Gasteiger partial charge is 0.338 e. The number of halogens is 4. The number of aromatic amines is 1. The molecule has 0 saturated carbocycles. The number of para-hydroxylation sites is 1. The van der Waals surface area contributed by atoms with Gasteiger partial charge in [-0.25, -0.2) is 23.2 Å². The van der Waals surface area contributed by atoms with Crippen molar-refractivity contribution in [1.29, 1.82) is 0 Å². The zero-order valence-electron chi connectivity index (χ0n) is 14.5. The minimum Gasteiger partial charge on any atom is -0.478 e. The molecule has 30 heavy (non-hydrogen) atoms. The van der Waals surface area contributed by atoms with E-state index < -0.39 is 34.3 Å². The highest BCUT2D eigenvalue weighted by Crippen LogP contribution is 2.39. The molecule has 0 spiro atoms. The van der Waals surface area contributed by atoms with Crippen LogP contribution >= 0.6 is 23.2 Å². The van der Waals surface area contributed by atoms with Crippen LogP contribution < -0.4 is 10.3 Å². The summed E-state index contributed by atoms with van der Waals surface area (Å²) < 4.78 is 35.8. The molecule has 0 fully saturated rings. The van der Waals surface area contributed by atoms with Crippen LogP contribution in [0, 0.1) is 11.6 Å². The highest BCUT2D eigenvalue weighted by Gasteiger charge is 2.22. The van der Waals surface area contributed by atoms with Gasteiger partial charge in [0.05, 0.1) is 27.3 Å². The number of aromatic carboxylic acids is 1. The molecule has 12 heteroatoms. The topological polar surface area (TPSA) is 110 Å². The molecule has 0 radical (unpaired) electrons. The molecule has 0 amide bonds. The zero-order valence-corrected chi connectivity index (χ0v) is 16.0. The minimum absolute atomic E-state index is 0.0108. The number of hydrogen-bond acceptors (Lipinski definition) is 5. The van der Waals surface area contributed by atoms with Crippen LogP contribution in [-0.4, -0.2) is 30.8 Å². The Bertz CT molecular complexity index is 1370. The quantitative estimate of drug-likeness (QED) is 0.480. The second kappa shape index (κ2) is 7.39. The fraction of sp³-hybridized carbons (Fsp3) is 0. The van der Waals surface area contributed by atoms with Gasteiger partial charge in [-0.3, -0.25) is 9.78 Å². The van der Waals surface area contributed by atoms with E-state index in [1.807, 2.05) is 0 Å². The maximum Gasteiger partial charge on any atom is 0.338 e. The lowest BCUT2D eigenvalue weighted by Gasteiger charge is -2.12. The molecule has 0 aliphatic heterocycles. The molecule has 0 atom stereocenters. The first-order chi connectivity index (χ1) is 14.3. The molecule has 4 aromatic rings. The number of fused-ring (bicyclic) bond motifs is 1. The first kappa shape index (κ1) is 19.8. The fourth-order valence-corrected chi connectivity index (χ4v) is 3.11. The number of carboxylic acid groups (broad SMARTS) is 1. The van der Waals surface area contributed by atoms with Gasteiger partial charge >= 0.3 is 5.97 Å². The van der Waals surface area contributed by atoms with Gasteiger partial charge in [0.2, 0.25) is 5.95 Å². The van der Waals surface area contributed by atoms with Gasteiger partial charge in [0.1, 0.15) is 5.39 Å². The Morgan fingerprint density at radius 1 is 1.20 bits per heavy atom. The number of nitrogens with one attached hydrogen (secondary N) is 1. The first-order valence-corrected chi connectivity index (χ1v) is 8.84. The number of ether oxygens (including phenoxy) is 1. The van der Waals surface area contributed by atoms with Crippen molar-refractivity contribution in [2.24, 2.45) is 0 Å². The molecule has 2 aromatic heterocycles. The Hall–Kier alpha value is -3.50. The third kappa shape index (κ3) is 3.36. The van der Waals surface area contributed by atoms with Crippen molar-refractivity contribution in [3.63, 3.8) is 0 Å². The average molecular weight is 453 g/mol. The molecule has 0 aliphatic carbocycles. The van der Waals surface area contributed by atoms with Crippen LogP contribution in [0.15, 0.2) is 41.5 Å². The highest BCUT2D eigenvalue weighted by molar-refractivity contribution is 6.37. The van der Waals surface area contributed by atoms with E-state index in [1.165, 1.54) is 18.2 Å². The van der Waals surface area contributed by atoms with Gasteiger partial charge in [-0.2, -0.15) is 5.10 Å². The summed E-state index contributed by atoms with van der Waals surface area (Å²) in [6.45, 7) is 0. The first-order valence-electron chi connectivity index (χ1n) is 8.08. The third-order valence-corrected chi connectivity index (χ3v) is 4.60. The Morgan fingerprint density at radius 3 is 2.53 bits per heavy atom. The number of benzene rings is 2. The van der Waals surface area contributed by atoms with Crippen molar-refractivity contribution in [3.05, 3.63) is 74.3 Å². The van der Waals surface area contributed by atoms with Crippen LogP contribution in [0.1, 0.15) is 10.4 Å². The van der Waals surface area contributed by atoms with Crippen LogP contribution in [0.5, 0.6) is 11.5 Å². The predicted molar refractivity (Wildman–Crippen MR) is 103 cm³/mol. The highest BCUT2D eigenvalue weighted by atomic mass is 35.5. The molecule has 0 unspecified atom stereocenters. The Balaban J connectivity index is 1.86. The lowest BCUT2D eigenvalue weighted by molar-refractivity contribution is 0.0697. The van der Waals surface area contributed by atoms with Gasteiger partial charge in [-0.1, -0.05) is 29.3 Å². The van der Waals surface area contributed by atoms with E-state index in [-0.39, 0.29) is 32.8 Å². The Morgan fingerprint density at radius 2 is 1.90 bits per heavy atom. The summed E-state index contributed by atoms with van der Waals surface area (Å²) in [6, 6.07) is 5.14. The van der Waals surface area contributed by atoms with Crippen molar-refractivity contribution in [1.82, 2.24) is 19.7 Å². The molecular formula is C18H8Cl2F2N4O4. The number of hydrogen-bond donors (Lipinski definition) is 2. The van der Waals surface area contributed by atoms with E-state index in [0.717, 1.165) is 23.1 Å². The van der Waals surface area contributed by atoms with Gasteiger partial charge in [0, 0.05) is 12.3 Å². The van der Waals surface area contributed by atoms with Crippen LogP contribution in [0.25, 0.3) is 16.9 Å². The number of carbonyl (C=O) groups is 1. The summed E-state index contributed by atoms with van der Waals surface area (Å²) in [4.78, 5) is 29.6. The van der Waals surface area contributed by atoms with E-state index in [2.05, 4.69) is 15.1 Å². The second-order valence-corrected chi connectivity index (χ2v) is 6.73. The number of nitrogens with zero attached hydrogens (tertiary/aromatic N) is 3. The summed E-state index contributed by atoms with van der Waals surface area (Å²) in [5.41, 5.74) is -1.47. The molecule has 0 aliphatic rings. The average Bonchev–Trinajstić information content (AvgIpc) is 3.17. The molecule has 0 saturated heterocycles. The van der Waals surface area contributed by atoms with Gasteiger partial charge < -0.3 is 9.84 Å². The molecule has 0 bridgehead atoms. The second-order valence-electron chi connectivity index (χ2n) is 5.92. The predicted octanol–water partition coefficient (Wildman–Crippen LogP) is 4.18. The monoisotopic (exact) mass is 452 g/mol. The molecule has 8 nitrogen and oxygen atoms in total. The fourth-order valence-electron chi connectivity index (χ4n) is 2.63. The largest absolute Gasteiger partial charge is 0.478 e. The van der Waals surface area contributed by atoms with Gasteiger partial charge in [0.25, 0.3) is 5.56 Å². The summed E-state index contributed by atoms with van der Waals surface area (Å²) in [6.07, 6.45) is 2.11. The molecule has 2 heterocycles. The van der Waals surface area contributed by atoms with Crippen molar-refractivity contribution >= 4 is 40.1 Å². The number of rotatable bonds is 4. The van der Waals surface area contributed by atoms with E-state index in [0.29, 0.717) is 0 Å². The third-order valence-electron chi connectivity index (χ3n) is 4.00. The molecule has 4 rings (SSSR count). The van der Waals surface area contributed by atoms with Crippen molar-refractivity contribution < 1.29 is 23.4 Å². The van der Waals surface area contributed by atoms with Crippen LogP contribution in [0.3, 0.4) is 0 Å². The van der Waals surface area contributed by atoms with Gasteiger partial charge in [0.15, 0.2) is 23.1 Å². The molecular weight excluding hydrogens is 445 g/mol. The number of H-pyrrole nitrogens is 1. The van der Waals surface area contributed by atoms with Crippen LogP contribution in [0.4, 0.5) is 8.78 Å². The zero-order chi connectivity index (χ0) is 21.6. The molecule has 152 valence electrons. The summed E-state index contributed by atoms with van der Waals surface area (Å²) in [5.74, 6) is -5.02. The van der Waals surface area contributed by atoms with Crippen LogP contribution in [0.2, 0.25) is 10.0 Å². The van der Waals surface area contributed by atoms with Gasteiger partial charge in [-0.15, -0.1) is 0 Å². The van der Waals surface area contributed by atoms with E-state index >= 15 is 0 Å². The maximum absolute atomic E-state index is 15.0. The molecule has 2 N–H and O–H groups in total. The van der Waals surface area contributed by atoms with Crippen molar-refractivity contribution in [2.75, 3.05) is 0 Å². The lowest BCUT2D eigenvalue weighted by Crippen LogP contribution is -2.16. The Labute approximate surface area is 175 Å². The SMILES string of the molecule is O=C(O)c1cnn(-c2nc3cc(F)c(Oc4c(Cl)cccc4Cl)c(F)c3c(=O)[nH]2)c1. The lowest BCUT2D eigenvalue weighted by atomic mass is 10.2. The van der Waals surface area contributed by atoms with Gasteiger partial charge in [-0.05, 0) is 12.1 Å². The van der Waals surface area contributed by atoms with Crippen LogP contribution in [-0.2, 0) is 0 Å². The van der Waals surface area contributed by atoms with E-state index in [1.54, 1.807) is 0 Å². The van der Waals surface area contributed by atoms with Crippen molar-refractivity contribution in [2.45, 2.75) is 0 Å². The van der Waals surface area contributed by atoms with E-state index in [9.17, 15) is 18.4 Å². The summed E-state index contributed by atoms with van der Waals surface area (Å²) in [5, 5.41) is 12.2. The number of carboxylic acids is 1. The maximum atomic E-state index is 15.0. The Kier molecular flexibility index (Phi) is 4.88. The normalized spacial score (nSPS) is 11.1. The number of aromatic nitrogens is 4. The van der Waals surface area contributed by atoms with E-state index in [4.69, 9.17) is 33.0 Å². The summed E-state index contributed by atoms with van der Waals surface area (Å²) >= 11 is 11.9. The minimum atomic E-state index is -1.31. The standard InChI is InChI=1S/C18H8Cl2F2N4O4/c19-8-2-1-3-9(20)14(8)30-15-10(21)4-11-12(13(15)22)16(27)25-18(24-11)26-6-7(5-23-26)17(28)29/h1-6H,(H,28,29)(H,24,25,27). The summed E-state index contributed by atoms with van der Waals surface area (Å²) in [7, 11) is 0. The van der Waals surface area contributed by atoms with Crippen molar-refractivity contribution in [3.8, 4) is 17.4 Å². The molecule has 2 aromatic carbocycles.